The summed E-state index contributed by atoms with van der Waals surface area (Å²) >= 11 is 0. The molecule has 0 aromatic heterocycles. The molecule has 1 amide bonds. The van der Waals surface area contributed by atoms with Crippen LogP contribution in [0.15, 0.2) is 23.1 Å². The minimum atomic E-state index is -4.75. The number of alkyl halides is 3. The zero-order valence-corrected chi connectivity index (χ0v) is 20.0. The van der Waals surface area contributed by atoms with Gasteiger partial charge in [-0.2, -0.15) is 18.4 Å². The van der Waals surface area contributed by atoms with Crippen LogP contribution in [0.1, 0.15) is 37.7 Å². The van der Waals surface area contributed by atoms with Crippen LogP contribution in [0.25, 0.3) is 0 Å². The smallest absolute Gasteiger partial charge is 0.417 e. The van der Waals surface area contributed by atoms with Crippen LogP contribution in [-0.4, -0.2) is 69.9 Å². The Balaban J connectivity index is 0.000000320. The molecule has 194 valence electrons. The first-order valence-electron chi connectivity index (χ1n) is 11.1. The van der Waals surface area contributed by atoms with Crippen molar-refractivity contribution in [3.63, 3.8) is 0 Å². The zero-order chi connectivity index (χ0) is 25.9. The number of amides is 1. The Morgan fingerprint density at radius 2 is 1.94 bits per heavy atom. The van der Waals surface area contributed by atoms with Crippen LogP contribution in [-0.2, 0) is 25.5 Å². The molecule has 4 rings (SSSR count). The largest absolute Gasteiger partial charge is 0.465 e. The molecule has 0 unspecified atom stereocenters. The number of carboxylic acid groups (broad SMARTS) is 1. The van der Waals surface area contributed by atoms with Gasteiger partial charge >= 0.3 is 12.3 Å². The van der Waals surface area contributed by atoms with E-state index in [1.807, 2.05) is 6.07 Å². The fourth-order valence-corrected chi connectivity index (χ4v) is 6.19. The van der Waals surface area contributed by atoms with Crippen molar-refractivity contribution in [3.8, 4) is 6.07 Å². The molecule has 1 aliphatic heterocycles. The van der Waals surface area contributed by atoms with E-state index in [4.69, 9.17) is 19.8 Å². The summed E-state index contributed by atoms with van der Waals surface area (Å²) in [5.41, 5.74) is -1.46. The van der Waals surface area contributed by atoms with Gasteiger partial charge in [-0.25, -0.2) is 13.2 Å². The monoisotopic (exact) mass is 519 g/mol. The lowest BCUT2D eigenvalue weighted by Crippen LogP contribution is -2.36. The molecule has 2 atom stereocenters. The van der Waals surface area contributed by atoms with Gasteiger partial charge in [0.2, 0.25) is 0 Å². The Morgan fingerprint density at radius 3 is 2.40 bits per heavy atom. The van der Waals surface area contributed by atoms with Crippen LogP contribution in [0.3, 0.4) is 0 Å². The highest BCUT2D eigenvalue weighted by Gasteiger charge is 2.45. The Kier molecular flexibility index (Phi) is 8.18. The van der Waals surface area contributed by atoms with E-state index in [0.717, 1.165) is 12.1 Å². The number of methoxy groups -OCH3 is 1. The van der Waals surface area contributed by atoms with Crippen molar-refractivity contribution < 1.29 is 41.0 Å². The van der Waals surface area contributed by atoms with Gasteiger partial charge in [0, 0.05) is 25.9 Å². The average Bonchev–Trinajstić information content (AvgIpc) is 3.40. The van der Waals surface area contributed by atoms with E-state index < -0.39 is 43.4 Å². The first kappa shape index (κ1) is 27.0. The maximum absolute atomic E-state index is 13.6. The number of nitrogens with zero attached hydrogens (tertiary/aromatic N) is 2. The van der Waals surface area contributed by atoms with Crippen molar-refractivity contribution in [1.29, 1.82) is 5.26 Å². The number of nitrogens with one attached hydrogen (secondary N) is 1. The van der Waals surface area contributed by atoms with Crippen LogP contribution >= 0.6 is 0 Å². The number of hydrogen-bond donors (Lipinski definition) is 2. The molecule has 9 nitrogen and oxygen atoms in total. The normalized spacial score (nSPS) is 23.6. The third-order valence-corrected chi connectivity index (χ3v) is 8.64. The Labute approximate surface area is 201 Å². The third-order valence-electron chi connectivity index (χ3n) is 6.37. The molecule has 1 aromatic carbocycles. The van der Waals surface area contributed by atoms with Crippen molar-refractivity contribution in [2.24, 2.45) is 0 Å². The molecular formula is C22H28F3N3O6S. The summed E-state index contributed by atoms with van der Waals surface area (Å²) in [6.07, 6.45) is -3.72. The molecule has 1 saturated heterocycles. The lowest BCUT2D eigenvalue weighted by Gasteiger charge is -2.30. The fraction of sp³-hybridized carbons (Fsp3) is 0.636. The quantitative estimate of drug-likeness (QED) is 0.607. The molecule has 0 bridgehead atoms. The van der Waals surface area contributed by atoms with Crippen LogP contribution in [0.5, 0.6) is 0 Å². The van der Waals surface area contributed by atoms with Gasteiger partial charge in [-0.1, -0.05) is 0 Å². The molecule has 2 aliphatic carbocycles. The van der Waals surface area contributed by atoms with E-state index in [0.29, 0.717) is 57.7 Å². The summed E-state index contributed by atoms with van der Waals surface area (Å²) in [7, 11) is -2.60. The van der Waals surface area contributed by atoms with Crippen molar-refractivity contribution >= 4 is 21.6 Å². The van der Waals surface area contributed by atoms with E-state index in [2.05, 4.69) is 5.32 Å². The van der Waals surface area contributed by atoms with Gasteiger partial charge < -0.3 is 24.8 Å². The number of ether oxygens (including phenoxy) is 2. The van der Waals surface area contributed by atoms with Gasteiger partial charge in [-0.3, -0.25) is 0 Å². The fourth-order valence-electron chi connectivity index (χ4n) is 4.18. The summed E-state index contributed by atoms with van der Waals surface area (Å²) in [5.74, 6) is 0. The molecule has 1 heterocycles. The summed E-state index contributed by atoms with van der Waals surface area (Å²) in [4.78, 5) is 11.1. The number of hydrogen-bond acceptors (Lipinski definition) is 7. The standard InChI is InChI=1S/C17H22F3NO4S.C5H6N2O2/c1-24-13-3-4-14(11-13)26(22,23)16-5-2-12(10-15(16)17(18,19)20)21-6-8-25-9-7-21;6-3-5(1-2-5)7-4(8)9/h2,5,10,13-14H,3-4,6-9,11H2,1H3;7H,1-2H2,(H,8,9)/t13-,14-;/m1./s1. The average molecular weight is 520 g/mol. The van der Waals surface area contributed by atoms with Crippen molar-refractivity contribution in [2.45, 2.75) is 60.1 Å². The summed E-state index contributed by atoms with van der Waals surface area (Å²) in [5, 5.41) is 17.8. The van der Waals surface area contributed by atoms with Gasteiger partial charge in [-0.15, -0.1) is 0 Å². The minimum absolute atomic E-state index is 0.224. The summed E-state index contributed by atoms with van der Waals surface area (Å²) in [6, 6.07) is 5.39. The van der Waals surface area contributed by atoms with Gasteiger partial charge in [-0.05, 0) is 50.3 Å². The van der Waals surface area contributed by atoms with Crippen molar-refractivity contribution in [3.05, 3.63) is 23.8 Å². The van der Waals surface area contributed by atoms with Gasteiger partial charge in [0.25, 0.3) is 0 Å². The summed E-state index contributed by atoms with van der Waals surface area (Å²) < 4.78 is 77.0. The van der Waals surface area contributed by atoms with E-state index in [1.165, 1.54) is 13.2 Å². The Hall–Kier alpha value is -2.56. The topological polar surface area (TPSA) is 129 Å². The number of rotatable bonds is 5. The second-order valence-electron chi connectivity index (χ2n) is 8.74. The molecule has 3 aliphatic rings. The number of anilines is 1. The van der Waals surface area contributed by atoms with E-state index in [9.17, 15) is 26.4 Å². The van der Waals surface area contributed by atoms with Gasteiger partial charge in [0.1, 0.15) is 5.54 Å². The van der Waals surface area contributed by atoms with E-state index in [-0.39, 0.29) is 12.5 Å². The molecule has 35 heavy (non-hydrogen) atoms. The zero-order valence-electron chi connectivity index (χ0n) is 19.2. The maximum atomic E-state index is 13.6. The maximum Gasteiger partial charge on any atom is 0.417 e. The number of halogens is 3. The van der Waals surface area contributed by atoms with Crippen LogP contribution in [0, 0.1) is 11.3 Å². The summed E-state index contributed by atoms with van der Waals surface area (Å²) in [6.45, 7) is 1.81. The molecule has 13 heteroatoms. The Bertz CT molecular complexity index is 1060. The number of sulfone groups is 1. The first-order valence-corrected chi connectivity index (χ1v) is 12.7. The number of morpholine rings is 1. The number of carbonyl (C=O) groups is 1. The van der Waals surface area contributed by atoms with Gasteiger partial charge in [0.15, 0.2) is 9.84 Å². The second kappa shape index (κ2) is 10.6. The highest BCUT2D eigenvalue weighted by molar-refractivity contribution is 7.92. The lowest BCUT2D eigenvalue weighted by atomic mass is 10.1. The molecular weight excluding hydrogens is 491 g/mol. The minimum Gasteiger partial charge on any atom is -0.465 e. The number of nitriles is 1. The highest BCUT2D eigenvalue weighted by atomic mass is 32.2. The molecule has 0 spiro atoms. The molecule has 3 fully saturated rings. The predicted octanol–water partition coefficient (Wildman–Crippen LogP) is 3.19. The Morgan fingerprint density at radius 1 is 1.29 bits per heavy atom. The van der Waals surface area contributed by atoms with Crippen molar-refractivity contribution in [1.82, 2.24) is 5.32 Å². The molecule has 0 radical (unpaired) electrons. The lowest BCUT2D eigenvalue weighted by molar-refractivity contribution is -0.139. The second-order valence-corrected chi connectivity index (χ2v) is 10.9. The third kappa shape index (κ3) is 6.56. The molecule has 1 aromatic rings. The van der Waals surface area contributed by atoms with E-state index >= 15 is 0 Å². The van der Waals surface area contributed by atoms with Crippen molar-refractivity contribution in [2.75, 3.05) is 38.3 Å². The number of benzene rings is 1. The van der Waals surface area contributed by atoms with Crippen LogP contribution in [0.4, 0.5) is 23.7 Å². The van der Waals surface area contributed by atoms with E-state index in [1.54, 1.807) is 4.90 Å². The predicted molar refractivity (Wildman–Crippen MR) is 119 cm³/mol. The van der Waals surface area contributed by atoms with Crippen LogP contribution < -0.4 is 10.2 Å². The SMILES string of the molecule is CO[C@@H]1CC[C@@H](S(=O)(=O)c2ccc(N3CCOCC3)cc2C(F)(F)F)C1.N#CC1(NC(=O)O)CC1. The first-order chi connectivity index (χ1) is 16.4. The molecule has 2 saturated carbocycles. The van der Waals surface area contributed by atoms with Gasteiger partial charge in [0.05, 0.1) is 41.1 Å². The molecule has 2 N–H and O–H groups in total. The van der Waals surface area contributed by atoms with Crippen LogP contribution in [0.2, 0.25) is 0 Å². The highest BCUT2D eigenvalue weighted by Crippen LogP contribution is 2.40.